The Bertz CT molecular complexity index is 4090. The van der Waals surface area contributed by atoms with E-state index >= 15 is 0 Å². The van der Waals surface area contributed by atoms with Crippen LogP contribution in [0, 0.1) is 0 Å². The van der Waals surface area contributed by atoms with E-state index in [1.165, 1.54) is 97.2 Å². The van der Waals surface area contributed by atoms with Gasteiger partial charge < -0.3 is 18.7 Å². The van der Waals surface area contributed by atoms with Crippen LogP contribution in [0.4, 0.5) is 11.4 Å². The van der Waals surface area contributed by atoms with E-state index in [0.29, 0.717) is 0 Å². The number of fused-ring (bicyclic) bond motifs is 16. The van der Waals surface area contributed by atoms with Crippen LogP contribution in [-0.2, 0) is 16.2 Å². The van der Waals surface area contributed by atoms with Crippen LogP contribution in [0.3, 0.4) is 0 Å². The minimum Gasteiger partial charge on any atom is -0.456 e. The number of rotatable bonds is 3. The first kappa shape index (κ1) is 38.5. The monoisotopic (exact) mass is 872 g/mol. The number of aromatic nitrogens is 1. The van der Waals surface area contributed by atoms with Crippen molar-refractivity contribution in [2.24, 2.45) is 0 Å². The van der Waals surface area contributed by atoms with Crippen LogP contribution in [-0.4, -0.2) is 11.8 Å². The molecule has 320 valence electrons. The lowest BCUT2D eigenvalue weighted by Crippen LogP contribution is -2.37. The molecule has 4 nitrogen and oxygen atoms in total. The first-order chi connectivity index (χ1) is 31.8. The number of nitrogens with zero attached hydrogens (tertiary/aromatic N) is 1. The van der Waals surface area contributed by atoms with Crippen LogP contribution in [0.15, 0.2) is 142 Å². The molecule has 0 unspecified atom stereocenters. The summed E-state index contributed by atoms with van der Waals surface area (Å²) in [7, 11) is 0.804. The van der Waals surface area contributed by atoms with Crippen LogP contribution >= 0.6 is 11.3 Å². The molecule has 2 aliphatic rings. The predicted octanol–water partition coefficient (Wildman–Crippen LogP) is 15.7. The maximum absolute atomic E-state index is 6.94. The highest BCUT2D eigenvalue weighted by Gasteiger charge is 2.38. The molecule has 0 saturated carbocycles. The summed E-state index contributed by atoms with van der Waals surface area (Å²) in [4.78, 5) is 0. The molecule has 0 saturated heterocycles. The molecule has 6 heteroatoms. The SMILES string of the molecule is CC(C)(C)c1ccc(Nc2cc3oc4cc5c(cc4c3cc2-c2ccc3c4c6c(ccc4n4c3c2Bc2cc3sc7ccccc7c3cc2-4)oc2ccccc26)C(C)(C)CCC5(C)C)cc1. The lowest BCUT2D eigenvalue weighted by atomic mass is 9.59. The lowest BCUT2D eigenvalue weighted by molar-refractivity contribution is 0.332. The zero-order valence-corrected chi connectivity index (χ0v) is 39.3. The van der Waals surface area contributed by atoms with Crippen molar-refractivity contribution in [3.8, 4) is 16.8 Å². The van der Waals surface area contributed by atoms with Gasteiger partial charge in [0.25, 0.3) is 0 Å². The molecule has 12 aromatic rings. The third-order valence-electron chi connectivity index (χ3n) is 15.6. The highest BCUT2D eigenvalue weighted by Crippen LogP contribution is 2.50. The number of thiophene rings is 1. The van der Waals surface area contributed by atoms with Gasteiger partial charge in [0, 0.05) is 81.0 Å². The Morgan fingerprint density at radius 3 is 2.09 bits per heavy atom. The van der Waals surface area contributed by atoms with Crippen molar-refractivity contribution in [3.05, 3.63) is 150 Å². The van der Waals surface area contributed by atoms with E-state index in [0.717, 1.165) is 64.6 Å². The van der Waals surface area contributed by atoms with E-state index in [9.17, 15) is 0 Å². The van der Waals surface area contributed by atoms with E-state index in [2.05, 4.69) is 192 Å². The third-order valence-corrected chi connectivity index (χ3v) is 16.8. The van der Waals surface area contributed by atoms with Gasteiger partial charge >= 0.3 is 0 Å². The minimum atomic E-state index is 0.0573. The van der Waals surface area contributed by atoms with E-state index in [1.807, 2.05) is 11.3 Å². The molecule has 8 aromatic carbocycles. The summed E-state index contributed by atoms with van der Waals surface area (Å²) in [6.45, 7) is 16.4. The summed E-state index contributed by atoms with van der Waals surface area (Å²) in [6.07, 6.45) is 2.32. The van der Waals surface area contributed by atoms with Gasteiger partial charge in [0.05, 0.1) is 11.2 Å². The molecule has 0 bridgehead atoms. The number of hydrogen-bond acceptors (Lipinski definition) is 4. The Morgan fingerprint density at radius 1 is 0.576 bits per heavy atom. The van der Waals surface area contributed by atoms with Crippen molar-refractivity contribution in [2.75, 3.05) is 5.32 Å². The molecular formula is C60H49BN2O2S. The number of anilines is 2. The quantitative estimate of drug-likeness (QED) is 0.180. The molecule has 1 N–H and O–H groups in total. The fraction of sp³-hybridized carbons (Fsp3) is 0.200. The second-order valence-corrected chi connectivity index (χ2v) is 22.7. The summed E-state index contributed by atoms with van der Waals surface area (Å²) in [5.74, 6) is 0. The zero-order chi connectivity index (χ0) is 44.6. The van der Waals surface area contributed by atoms with Gasteiger partial charge in [-0.3, -0.25) is 0 Å². The topological polar surface area (TPSA) is 43.2 Å². The number of hydrogen-bond donors (Lipinski definition) is 1. The Hall–Kier alpha value is -6.76. The summed E-state index contributed by atoms with van der Waals surface area (Å²) in [6, 6.07) is 50.1. The zero-order valence-electron chi connectivity index (χ0n) is 38.5. The molecule has 0 radical (unpaired) electrons. The Balaban J connectivity index is 1.08. The van der Waals surface area contributed by atoms with Gasteiger partial charge in [-0.1, -0.05) is 115 Å². The van der Waals surface area contributed by atoms with Gasteiger partial charge in [0.15, 0.2) is 7.28 Å². The smallest absolute Gasteiger partial charge is 0.198 e. The average Bonchev–Trinajstić information content (AvgIpc) is 4.05. The Kier molecular flexibility index (Phi) is 7.58. The minimum absolute atomic E-state index is 0.0573. The van der Waals surface area contributed by atoms with Gasteiger partial charge in [0.1, 0.15) is 22.3 Å². The van der Waals surface area contributed by atoms with Crippen LogP contribution < -0.4 is 16.2 Å². The summed E-state index contributed by atoms with van der Waals surface area (Å²) in [5.41, 5.74) is 18.9. The van der Waals surface area contributed by atoms with Gasteiger partial charge in [0.2, 0.25) is 0 Å². The second kappa shape index (κ2) is 13.0. The summed E-state index contributed by atoms with van der Waals surface area (Å²) < 4.78 is 18.7. The largest absolute Gasteiger partial charge is 0.456 e. The lowest BCUT2D eigenvalue weighted by Gasteiger charge is -2.41. The first-order valence-corrected chi connectivity index (χ1v) is 24.4. The fourth-order valence-electron chi connectivity index (χ4n) is 11.9. The normalized spacial score (nSPS) is 15.4. The van der Waals surface area contributed by atoms with Gasteiger partial charge in [-0.25, -0.2) is 0 Å². The summed E-state index contributed by atoms with van der Waals surface area (Å²) >= 11 is 1.90. The van der Waals surface area contributed by atoms with E-state index in [-0.39, 0.29) is 16.2 Å². The van der Waals surface area contributed by atoms with Gasteiger partial charge in [-0.2, -0.15) is 0 Å². The predicted molar refractivity (Wildman–Crippen MR) is 284 cm³/mol. The maximum Gasteiger partial charge on any atom is 0.198 e. The van der Waals surface area contributed by atoms with Crippen LogP contribution in [0.5, 0.6) is 0 Å². The van der Waals surface area contributed by atoms with Crippen molar-refractivity contribution < 1.29 is 8.83 Å². The number of benzene rings is 8. The maximum atomic E-state index is 6.94. The Labute approximate surface area is 388 Å². The standard InChI is InChI=1S/C60H49BN2O2S/c1-58(2,3)32-16-18-33(19-17-32)62-45-31-51-39(40-27-42-43(29-50(40)65-51)60(6,7)25-24-59(42,4)5)26-38(45)35-20-21-37-54-46(22-23-49-55(54)36-13-8-10-14-48(36)64-49)63-47-28-41-34-12-9-11-15-52(34)66-53(41)30-44(47)61-56(35)57(37)63/h8-23,26-31,61-62H,24-25H2,1-7H3. The van der Waals surface area contributed by atoms with Crippen molar-refractivity contribution in [1.82, 2.24) is 4.57 Å². The number of nitrogens with one attached hydrogen (secondary N) is 1. The van der Waals surface area contributed by atoms with Gasteiger partial charge in [-0.05, 0) is 124 Å². The molecule has 14 rings (SSSR count). The molecule has 0 fully saturated rings. The first-order valence-electron chi connectivity index (χ1n) is 23.6. The Morgan fingerprint density at radius 2 is 1.29 bits per heavy atom. The molecule has 1 aliphatic carbocycles. The van der Waals surface area contributed by atoms with Crippen molar-refractivity contribution in [1.29, 1.82) is 0 Å². The molecule has 1 aliphatic heterocycles. The highest BCUT2D eigenvalue weighted by molar-refractivity contribution is 7.26. The van der Waals surface area contributed by atoms with Crippen molar-refractivity contribution in [2.45, 2.75) is 77.6 Å². The average molecular weight is 873 g/mol. The van der Waals surface area contributed by atoms with Crippen LogP contribution in [0.1, 0.15) is 78.0 Å². The highest BCUT2D eigenvalue weighted by atomic mass is 32.1. The van der Waals surface area contributed by atoms with E-state index < -0.39 is 0 Å². The van der Waals surface area contributed by atoms with E-state index in [4.69, 9.17) is 8.83 Å². The molecule has 66 heavy (non-hydrogen) atoms. The van der Waals surface area contributed by atoms with Crippen molar-refractivity contribution in [3.63, 3.8) is 0 Å². The molecule has 0 atom stereocenters. The fourth-order valence-corrected chi connectivity index (χ4v) is 13.1. The molecule has 0 spiro atoms. The van der Waals surface area contributed by atoms with Crippen LogP contribution in [0.25, 0.3) is 103 Å². The molecule has 5 heterocycles. The second-order valence-electron chi connectivity index (χ2n) is 21.6. The molecular weight excluding hydrogens is 824 g/mol. The third kappa shape index (κ3) is 5.33. The summed E-state index contributed by atoms with van der Waals surface area (Å²) in [5, 5.41) is 13.7. The molecule has 0 amide bonds. The van der Waals surface area contributed by atoms with Crippen molar-refractivity contribution >= 4 is 127 Å². The number of furan rings is 2. The van der Waals surface area contributed by atoms with Gasteiger partial charge in [-0.15, -0.1) is 11.3 Å². The van der Waals surface area contributed by atoms with Crippen LogP contribution in [0.2, 0.25) is 0 Å². The number of para-hydroxylation sites is 1. The van der Waals surface area contributed by atoms with E-state index in [1.54, 1.807) is 0 Å². The molecule has 4 aromatic heterocycles.